The molecular weight excluding hydrogens is 428 g/mol. The minimum absolute atomic E-state index is 0.187. The molecule has 3 aromatic heterocycles. The first-order valence-corrected chi connectivity index (χ1v) is 11.4. The molecule has 0 atom stereocenters. The molecule has 10 heteroatoms. The van der Waals surface area contributed by atoms with Gasteiger partial charge in [0, 0.05) is 5.92 Å². The summed E-state index contributed by atoms with van der Waals surface area (Å²) < 4.78 is 12.7. The van der Waals surface area contributed by atoms with Crippen molar-refractivity contribution in [3.05, 3.63) is 53.3 Å². The number of hydrogen-bond acceptors (Lipinski definition) is 9. The Morgan fingerprint density at radius 2 is 2.03 bits per heavy atom. The molecule has 0 radical (unpaired) electrons. The summed E-state index contributed by atoms with van der Waals surface area (Å²) in [7, 11) is 0. The van der Waals surface area contributed by atoms with E-state index in [2.05, 4.69) is 9.97 Å². The molecule has 1 aromatic carbocycles. The van der Waals surface area contributed by atoms with E-state index in [9.17, 15) is 4.79 Å². The van der Waals surface area contributed by atoms with E-state index in [4.69, 9.17) is 25.0 Å². The van der Waals surface area contributed by atoms with Crippen molar-refractivity contribution in [2.75, 3.05) is 12.3 Å². The summed E-state index contributed by atoms with van der Waals surface area (Å²) in [4.78, 5) is 25.9. The van der Waals surface area contributed by atoms with Gasteiger partial charge in [-0.1, -0.05) is 30.0 Å². The number of hydrogen-bond donors (Lipinski definition) is 1. The van der Waals surface area contributed by atoms with E-state index in [-0.39, 0.29) is 23.7 Å². The Bertz CT molecular complexity index is 1300. The second kappa shape index (κ2) is 8.27. The van der Waals surface area contributed by atoms with Crippen LogP contribution in [-0.4, -0.2) is 37.3 Å². The van der Waals surface area contributed by atoms with Gasteiger partial charge >= 0.3 is 5.97 Å². The van der Waals surface area contributed by atoms with E-state index >= 15 is 0 Å². The third kappa shape index (κ3) is 3.81. The van der Waals surface area contributed by atoms with Crippen LogP contribution < -0.4 is 5.73 Å². The van der Waals surface area contributed by atoms with Gasteiger partial charge in [0.05, 0.1) is 23.4 Å². The monoisotopic (exact) mass is 450 g/mol. The molecule has 9 nitrogen and oxygen atoms in total. The summed E-state index contributed by atoms with van der Waals surface area (Å²) >= 11 is 1.43. The highest BCUT2D eigenvalue weighted by atomic mass is 32.2. The van der Waals surface area contributed by atoms with Gasteiger partial charge in [0.1, 0.15) is 28.8 Å². The first kappa shape index (κ1) is 20.5. The van der Waals surface area contributed by atoms with Crippen LogP contribution in [0, 0.1) is 6.92 Å². The zero-order valence-electron chi connectivity index (χ0n) is 17.7. The van der Waals surface area contributed by atoms with Gasteiger partial charge in [-0.15, -0.1) is 5.10 Å². The van der Waals surface area contributed by atoms with Gasteiger partial charge in [0.2, 0.25) is 10.9 Å². The van der Waals surface area contributed by atoms with Crippen LogP contribution in [0.2, 0.25) is 0 Å². The molecule has 0 spiro atoms. The van der Waals surface area contributed by atoms with E-state index in [0.29, 0.717) is 33.8 Å². The molecule has 164 valence electrons. The number of aryl methyl sites for hydroxylation is 1. The van der Waals surface area contributed by atoms with Crippen molar-refractivity contribution >= 4 is 34.6 Å². The molecule has 3 heterocycles. The number of carbonyl (C=O) groups is 1. The second-order valence-electron chi connectivity index (χ2n) is 7.52. The minimum atomic E-state index is -0.496. The Morgan fingerprint density at radius 3 is 2.75 bits per heavy atom. The molecule has 1 fully saturated rings. The Balaban J connectivity index is 1.41. The van der Waals surface area contributed by atoms with Crippen molar-refractivity contribution in [3.8, 4) is 5.69 Å². The Hall–Kier alpha value is -3.40. The standard InChI is InChI=1S/C22H22N6O3S/c1-3-30-21(29)16-12(2)31-20-17(16)18(23)24-15(25-20)11-32-22-26-19(13-9-10-13)28(27-22)14-7-5-4-6-8-14/h4-8,13H,3,9-11H2,1-2H3,(H2,23,24,25). The predicted molar refractivity (Wildman–Crippen MR) is 120 cm³/mol. The number of anilines is 1. The molecular formula is C22H22N6O3S. The van der Waals surface area contributed by atoms with Crippen molar-refractivity contribution in [1.29, 1.82) is 0 Å². The Morgan fingerprint density at radius 1 is 1.25 bits per heavy atom. The highest BCUT2D eigenvalue weighted by molar-refractivity contribution is 7.98. The lowest BCUT2D eigenvalue weighted by atomic mass is 10.2. The first-order valence-electron chi connectivity index (χ1n) is 10.4. The number of thioether (sulfide) groups is 1. The topological polar surface area (TPSA) is 122 Å². The van der Waals surface area contributed by atoms with Crippen molar-refractivity contribution in [2.45, 2.75) is 43.5 Å². The number of para-hydroxylation sites is 1. The summed E-state index contributed by atoms with van der Waals surface area (Å²) in [5, 5.41) is 5.74. The van der Waals surface area contributed by atoms with Crippen LogP contribution in [0.1, 0.15) is 53.5 Å². The Labute approximate surface area is 188 Å². The van der Waals surface area contributed by atoms with Gasteiger partial charge in [-0.3, -0.25) is 0 Å². The van der Waals surface area contributed by atoms with Crippen LogP contribution in [0.3, 0.4) is 0 Å². The van der Waals surface area contributed by atoms with Crippen molar-refractivity contribution in [2.24, 2.45) is 0 Å². The molecule has 0 amide bonds. The maximum Gasteiger partial charge on any atom is 0.342 e. The number of carbonyl (C=O) groups excluding carboxylic acids is 1. The zero-order chi connectivity index (χ0) is 22.2. The number of nitrogen functional groups attached to an aromatic ring is 1. The fraction of sp³-hybridized carbons (Fsp3) is 0.318. The third-order valence-electron chi connectivity index (χ3n) is 5.17. The minimum Gasteiger partial charge on any atom is -0.462 e. The summed E-state index contributed by atoms with van der Waals surface area (Å²) in [5.41, 5.74) is 7.70. The lowest BCUT2D eigenvalue weighted by Gasteiger charge is -2.03. The van der Waals surface area contributed by atoms with Gasteiger partial charge in [-0.2, -0.15) is 4.98 Å². The maximum atomic E-state index is 12.3. The first-order chi connectivity index (χ1) is 15.5. The SMILES string of the molecule is CCOC(=O)c1c(C)oc2nc(CSc3nc(C4CC4)n(-c4ccccc4)n3)nc(N)c12. The number of rotatable bonds is 7. The number of furan rings is 1. The number of aromatic nitrogens is 5. The van der Waals surface area contributed by atoms with Crippen molar-refractivity contribution in [1.82, 2.24) is 24.7 Å². The predicted octanol–water partition coefficient (Wildman–Crippen LogP) is 4.04. The molecule has 4 aromatic rings. The molecule has 1 aliphatic rings. The lowest BCUT2D eigenvalue weighted by Crippen LogP contribution is -2.07. The van der Waals surface area contributed by atoms with Crippen LogP contribution in [0.25, 0.3) is 16.8 Å². The van der Waals surface area contributed by atoms with E-state index in [1.807, 2.05) is 35.0 Å². The lowest BCUT2D eigenvalue weighted by molar-refractivity contribution is 0.0526. The molecule has 1 aliphatic carbocycles. The molecule has 0 bridgehead atoms. The molecule has 0 saturated heterocycles. The summed E-state index contributed by atoms with van der Waals surface area (Å²) in [6.07, 6.45) is 2.26. The fourth-order valence-electron chi connectivity index (χ4n) is 3.56. The smallest absolute Gasteiger partial charge is 0.342 e. The van der Waals surface area contributed by atoms with Crippen LogP contribution in [0.5, 0.6) is 0 Å². The van der Waals surface area contributed by atoms with E-state index < -0.39 is 5.97 Å². The maximum absolute atomic E-state index is 12.3. The largest absolute Gasteiger partial charge is 0.462 e. The molecule has 5 rings (SSSR count). The average Bonchev–Trinajstić information content (AvgIpc) is 3.44. The van der Waals surface area contributed by atoms with Gasteiger partial charge in [0.15, 0.2) is 0 Å². The van der Waals surface area contributed by atoms with Gasteiger partial charge in [-0.05, 0) is 38.8 Å². The number of esters is 1. The van der Waals surface area contributed by atoms with E-state index in [1.165, 1.54) is 11.8 Å². The quantitative estimate of drug-likeness (QED) is 0.328. The number of nitrogens with two attached hydrogens (primary N) is 1. The molecule has 32 heavy (non-hydrogen) atoms. The molecule has 0 aliphatic heterocycles. The van der Waals surface area contributed by atoms with E-state index in [1.54, 1.807) is 13.8 Å². The van der Waals surface area contributed by atoms with Gasteiger partial charge in [-0.25, -0.2) is 19.4 Å². The molecule has 1 saturated carbocycles. The van der Waals surface area contributed by atoms with Crippen molar-refractivity contribution < 1.29 is 13.9 Å². The van der Waals surface area contributed by atoms with Crippen LogP contribution in [0.15, 0.2) is 39.9 Å². The third-order valence-corrected chi connectivity index (χ3v) is 6.00. The molecule has 2 N–H and O–H groups in total. The van der Waals surface area contributed by atoms with Crippen molar-refractivity contribution in [3.63, 3.8) is 0 Å². The van der Waals surface area contributed by atoms with E-state index in [0.717, 1.165) is 24.4 Å². The number of nitrogens with zero attached hydrogens (tertiary/aromatic N) is 5. The highest BCUT2D eigenvalue weighted by Gasteiger charge is 2.30. The number of ether oxygens (including phenoxy) is 1. The number of benzene rings is 1. The molecule has 0 unspecified atom stereocenters. The summed E-state index contributed by atoms with van der Waals surface area (Å²) in [6, 6.07) is 10.00. The van der Waals surface area contributed by atoms with Crippen LogP contribution >= 0.6 is 11.8 Å². The number of fused-ring (bicyclic) bond motifs is 1. The normalized spacial score (nSPS) is 13.6. The van der Waals surface area contributed by atoms with Crippen LogP contribution in [0.4, 0.5) is 5.82 Å². The highest BCUT2D eigenvalue weighted by Crippen LogP contribution is 2.40. The summed E-state index contributed by atoms with van der Waals surface area (Å²) in [5.74, 6) is 2.42. The zero-order valence-corrected chi connectivity index (χ0v) is 18.6. The van der Waals surface area contributed by atoms with Gasteiger partial charge < -0.3 is 14.9 Å². The second-order valence-corrected chi connectivity index (χ2v) is 8.46. The fourth-order valence-corrected chi connectivity index (χ4v) is 4.24. The van der Waals surface area contributed by atoms with Crippen LogP contribution in [-0.2, 0) is 10.5 Å². The Kier molecular flexibility index (Phi) is 5.30. The van der Waals surface area contributed by atoms with Gasteiger partial charge in [0.25, 0.3) is 0 Å². The summed E-state index contributed by atoms with van der Waals surface area (Å²) in [6.45, 7) is 3.68. The average molecular weight is 451 g/mol.